The lowest BCUT2D eigenvalue weighted by Crippen LogP contribution is -2.33. The number of hydrogen-bond donors (Lipinski definition) is 0. The molecule has 0 radical (unpaired) electrons. The summed E-state index contributed by atoms with van der Waals surface area (Å²) in [6.45, 7) is 3.21. The normalized spacial score (nSPS) is 17.4. The van der Waals surface area contributed by atoms with Gasteiger partial charge in [0.2, 0.25) is 0 Å². The summed E-state index contributed by atoms with van der Waals surface area (Å²) in [5.74, 6) is -0.117. The van der Waals surface area contributed by atoms with Crippen LogP contribution in [0.4, 0.5) is 0 Å². The molecule has 6 nitrogen and oxygen atoms in total. The molecule has 3 heterocycles. The van der Waals surface area contributed by atoms with Crippen molar-refractivity contribution in [3.63, 3.8) is 0 Å². The van der Waals surface area contributed by atoms with Gasteiger partial charge in [-0.1, -0.05) is 6.92 Å². The quantitative estimate of drug-likeness (QED) is 0.866. The standard InChI is InChI=1S/C17H20N4O2/c1-2-11-21-16(22)6-5-14(19-21)17(23)20-12-3-4-15(20)13-7-9-18-10-8-13/h5-10,15H,2-4,11-12H2,1H3/t15-/m0/s1. The van der Waals surface area contributed by atoms with Gasteiger partial charge in [-0.15, -0.1) is 0 Å². The van der Waals surface area contributed by atoms with Crippen LogP contribution < -0.4 is 5.56 Å². The largest absolute Gasteiger partial charge is 0.330 e. The number of likely N-dealkylation sites (tertiary alicyclic amines) is 1. The molecule has 3 rings (SSSR count). The number of carbonyl (C=O) groups is 1. The number of pyridine rings is 1. The summed E-state index contributed by atoms with van der Waals surface area (Å²) >= 11 is 0. The Morgan fingerprint density at radius 3 is 2.78 bits per heavy atom. The Labute approximate surface area is 134 Å². The first-order chi connectivity index (χ1) is 11.2. The Kier molecular flexibility index (Phi) is 4.50. The molecular weight excluding hydrogens is 292 g/mol. The molecule has 1 fully saturated rings. The first kappa shape index (κ1) is 15.4. The molecule has 120 valence electrons. The number of aromatic nitrogens is 3. The van der Waals surface area contributed by atoms with Gasteiger partial charge in [-0.3, -0.25) is 14.6 Å². The molecule has 2 aromatic rings. The number of amides is 1. The van der Waals surface area contributed by atoms with E-state index in [2.05, 4.69) is 10.1 Å². The van der Waals surface area contributed by atoms with Crippen LogP contribution >= 0.6 is 0 Å². The highest BCUT2D eigenvalue weighted by molar-refractivity contribution is 5.92. The third-order valence-corrected chi connectivity index (χ3v) is 4.13. The van der Waals surface area contributed by atoms with Crippen LogP contribution in [0.15, 0.2) is 41.5 Å². The average molecular weight is 312 g/mol. The van der Waals surface area contributed by atoms with Gasteiger partial charge >= 0.3 is 0 Å². The molecule has 2 aromatic heterocycles. The first-order valence-corrected chi connectivity index (χ1v) is 7.99. The molecule has 6 heteroatoms. The summed E-state index contributed by atoms with van der Waals surface area (Å²) in [5.41, 5.74) is 1.25. The predicted octanol–water partition coefficient (Wildman–Crippen LogP) is 2.03. The van der Waals surface area contributed by atoms with Crippen molar-refractivity contribution in [2.24, 2.45) is 0 Å². The highest BCUT2D eigenvalue weighted by Gasteiger charge is 2.31. The van der Waals surface area contributed by atoms with Crippen molar-refractivity contribution in [2.75, 3.05) is 6.54 Å². The fraction of sp³-hybridized carbons (Fsp3) is 0.412. The molecule has 0 bridgehead atoms. The van der Waals surface area contributed by atoms with Gasteiger partial charge in [0, 0.05) is 31.5 Å². The minimum atomic E-state index is -0.171. The summed E-state index contributed by atoms with van der Waals surface area (Å²) < 4.78 is 1.37. The van der Waals surface area contributed by atoms with Gasteiger partial charge in [0.05, 0.1) is 6.04 Å². The van der Waals surface area contributed by atoms with Crippen LogP contribution in [-0.2, 0) is 6.54 Å². The minimum absolute atomic E-state index is 0.0545. The number of rotatable bonds is 4. The number of aryl methyl sites for hydroxylation is 1. The third kappa shape index (κ3) is 3.16. The highest BCUT2D eigenvalue weighted by Crippen LogP contribution is 2.32. The maximum atomic E-state index is 12.8. The first-order valence-electron chi connectivity index (χ1n) is 7.99. The maximum Gasteiger partial charge on any atom is 0.274 e. The lowest BCUT2D eigenvalue weighted by Gasteiger charge is -2.24. The van der Waals surface area contributed by atoms with Crippen LogP contribution in [0.2, 0.25) is 0 Å². The van der Waals surface area contributed by atoms with Gasteiger partial charge in [-0.2, -0.15) is 5.10 Å². The van der Waals surface area contributed by atoms with Gasteiger partial charge in [-0.25, -0.2) is 4.68 Å². The zero-order valence-electron chi connectivity index (χ0n) is 13.2. The van der Waals surface area contributed by atoms with Crippen molar-refractivity contribution in [3.05, 3.63) is 58.3 Å². The van der Waals surface area contributed by atoms with Crippen LogP contribution in [0.25, 0.3) is 0 Å². The second kappa shape index (κ2) is 6.73. The molecule has 0 aromatic carbocycles. The van der Waals surface area contributed by atoms with E-state index in [4.69, 9.17) is 0 Å². The number of nitrogens with zero attached hydrogens (tertiary/aromatic N) is 4. The van der Waals surface area contributed by atoms with Crippen molar-refractivity contribution in [1.29, 1.82) is 0 Å². The molecule has 0 saturated carbocycles. The van der Waals surface area contributed by atoms with E-state index in [0.717, 1.165) is 24.8 Å². The molecule has 0 spiro atoms. The van der Waals surface area contributed by atoms with Gasteiger partial charge in [-0.05, 0) is 43.0 Å². The van der Waals surface area contributed by atoms with Crippen LogP contribution in [0.1, 0.15) is 48.3 Å². The number of hydrogen-bond acceptors (Lipinski definition) is 4. The number of carbonyl (C=O) groups excluding carboxylic acids is 1. The molecule has 1 amide bonds. The highest BCUT2D eigenvalue weighted by atomic mass is 16.2. The van der Waals surface area contributed by atoms with Crippen LogP contribution in [0.5, 0.6) is 0 Å². The third-order valence-electron chi connectivity index (χ3n) is 4.13. The van der Waals surface area contributed by atoms with Gasteiger partial charge in [0.15, 0.2) is 0 Å². The molecule has 0 unspecified atom stereocenters. The van der Waals surface area contributed by atoms with Crippen LogP contribution in [0, 0.1) is 0 Å². The lowest BCUT2D eigenvalue weighted by atomic mass is 10.1. The SMILES string of the molecule is CCCn1nc(C(=O)N2CCC[C@H]2c2ccncc2)ccc1=O. The van der Waals surface area contributed by atoms with Crippen molar-refractivity contribution in [3.8, 4) is 0 Å². The van der Waals surface area contributed by atoms with E-state index in [1.807, 2.05) is 24.0 Å². The Morgan fingerprint density at radius 1 is 1.26 bits per heavy atom. The predicted molar refractivity (Wildman–Crippen MR) is 86.0 cm³/mol. The summed E-state index contributed by atoms with van der Waals surface area (Å²) in [5, 5.41) is 4.24. The Balaban J connectivity index is 1.87. The van der Waals surface area contributed by atoms with E-state index >= 15 is 0 Å². The van der Waals surface area contributed by atoms with Crippen molar-refractivity contribution >= 4 is 5.91 Å². The zero-order valence-corrected chi connectivity index (χ0v) is 13.2. The fourth-order valence-corrected chi connectivity index (χ4v) is 3.02. The van der Waals surface area contributed by atoms with Crippen molar-refractivity contribution < 1.29 is 4.79 Å². The van der Waals surface area contributed by atoms with Crippen LogP contribution in [0.3, 0.4) is 0 Å². The smallest absolute Gasteiger partial charge is 0.274 e. The minimum Gasteiger partial charge on any atom is -0.330 e. The van der Waals surface area contributed by atoms with E-state index in [-0.39, 0.29) is 17.5 Å². The van der Waals surface area contributed by atoms with E-state index < -0.39 is 0 Å². The Hall–Kier alpha value is -2.50. The molecule has 23 heavy (non-hydrogen) atoms. The fourth-order valence-electron chi connectivity index (χ4n) is 3.02. The van der Waals surface area contributed by atoms with Gasteiger partial charge in [0.25, 0.3) is 11.5 Å². The van der Waals surface area contributed by atoms with Crippen molar-refractivity contribution in [1.82, 2.24) is 19.7 Å². The summed E-state index contributed by atoms with van der Waals surface area (Å²) in [6.07, 6.45) is 6.19. The second-order valence-electron chi connectivity index (χ2n) is 5.72. The van der Waals surface area contributed by atoms with E-state index in [1.165, 1.54) is 16.8 Å². The Morgan fingerprint density at radius 2 is 2.04 bits per heavy atom. The molecule has 0 aliphatic carbocycles. The van der Waals surface area contributed by atoms with Gasteiger partial charge < -0.3 is 4.90 Å². The topological polar surface area (TPSA) is 68.1 Å². The Bertz CT molecular complexity index is 742. The van der Waals surface area contributed by atoms with E-state index in [1.54, 1.807) is 12.4 Å². The monoisotopic (exact) mass is 312 g/mol. The van der Waals surface area contributed by atoms with Crippen LogP contribution in [-0.4, -0.2) is 32.1 Å². The molecule has 1 saturated heterocycles. The summed E-state index contributed by atoms with van der Waals surface area (Å²) in [6, 6.07) is 6.90. The summed E-state index contributed by atoms with van der Waals surface area (Å²) in [7, 11) is 0. The van der Waals surface area contributed by atoms with Crippen molar-refractivity contribution in [2.45, 2.75) is 38.8 Å². The molecule has 1 atom stereocenters. The summed E-state index contributed by atoms with van der Waals surface area (Å²) in [4.78, 5) is 30.5. The van der Waals surface area contributed by atoms with E-state index in [0.29, 0.717) is 18.8 Å². The second-order valence-corrected chi connectivity index (χ2v) is 5.72. The molecule has 1 aliphatic rings. The average Bonchev–Trinajstić information content (AvgIpc) is 3.07. The molecule has 0 N–H and O–H groups in total. The molecule has 1 aliphatic heterocycles. The molecular formula is C17H20N4O2. The zero-order chi connectivity index (χ0) is 16.2. The van der Waals surface area contributed by atoms with Gasteiger partial charge in [0.1, 0.15) is 5.69 Å². The van der Waals surface area contributed by atoms with E-state index in [9.17, 15) is 9.59 Å². The maximum absolute atomic E-state index is 12.8. The lowest BCUT2D eigenvalue weighted by molar-refractivity contribution is 0.0726.